The van der Waals surface area contributed by atoms with E-state index in [1.807, 2.05) is 19.1 Å². The normalized spacial score (nSPS) is 19.2. The van der Waals surface area contributed by atoms with E-state index >= 15 is 0 Å². The van der Waals surface area contributed by atoms with Crippen molar-refractivity contribution in [1.29, 1.82) is 0 Å². The van der Waals surface area contributed by atoms with E-state index in [2.05, 4.69) is 10.1 Å². The van der Waals surface area contributed by atoms with Crippen LogP contribution in [0.15, 0.2) is 29.1 Å². The summed E-state index contributed by atoms with van der Waals surface area (Å²) in [5.74, 6) is 0.643. The van der Waals surface area contributed by atoms with Gasteiger partial charge in [0.1, 0.15) is 0 Å². The average molecular weight is 278 g/mol. The molecule has 5 nitrogen and oxygen atoms in total. The fourth-order valence-electron chi connectivity index (χ4n) is 2.39. The molecule has 2 aromatic rings. The van der Waals surface area contributed by atoms with E-state index in [1.165, 1.54) is 6.39 Å². The molecule has 0 N–H and O–H groups in total. The number of amides is 1. The number of aromatic nitrogens is 2. The van der Waals surface area contributed by atoms with Crippen molar-refractivity contribution in [3.8, 4) is 0 Å². The number of nitrogens with zero attached hydrogens (tertiary/aromatic N) is 3. The van der Waals surface area contributed by atoms with E-state index in [4.69, 9.17) is 16.1 Å². The molecule has 1 saturated heterocycles. The van der Waals surface area contributed by atoms with Crippen LogP contribution < -0.4 is 4.90 Å². The highest BCUT2D eigenvalue weighted by atomic mass is 35.5. The van der Waals surface area contributed by atoms with E-state index in [9.17, 15) is 4.79 Å². The quantitative estimate of drug-likeness (QED) is 0.846. The molecule has 1 fully saturated rings. The van der Waals surface area contributed by atoms with Gasteiger partial charge in [0.05, 0.1) is 0 Å². The third-order valence-corrected chi connectivity index (χ3v) is 3.55. The summed E-state index contributed by atoms with van der Waals surface area (Å²) in [5, 5.41) is 4.48. The largest absolute Gasteiger partial charge is 0.343 e. The highest BCUT2D eigenvalue weighted by Gasteiger charge is 2.34. The Balaban J connectivity index is 1.88. The molecule has 1 amide bonds. The SMILES string of the molecule is Cc1cc(Cl)ccc1N1CC(c2ncon2)CC1=O. The molecule has 1 aromatic carbocycles. The van der Waals surface area contributed by atoms with Crippen LogP contribution in [0.3, 0.4) is 0 Å². The summed E-state index contributed by atoms with van der Waals surface area (Å²) in [5.41, 5.74) is 1.87. The first kappa shape index (κ1) is 12.2. The Morgan fingerprint density at radius 1 is 1.47 bits per heavy atom. The lowest BCUT2D eigenvalue weighted by Gasteiger charge is -2.18. The summed E-state index contributed by atoms with van der Waals surface area (Å²) in [4.78, 5) is 17.9. The lowest BCUT2D eigenvalue weighted by atomic mass is 10.1. The average Bonchev–Trinajstić information content (AvgIpc) is 2.98. The van der Waals surface area contributed by atoms with Gasteiger partial charge in [-0.25, -0.2) is 0 Å². The number of hydrogen-bond acceptors (Lipinski definition) is 4. The molecule has 2 heterocycles. The number of benzene rings is 1. The van der Waals surface area contributed by atoms with Crippen LogP contribution in [-0.2, 0) is 4.79 Å². The number of aryl methyl sites for hydroxylation is 1. The van der Waals surface area contributed by atoms with Crippen molar-refractivity contribution >= 4 is 23.2 Å². The lowest BCUT2D eigenvalue weighted by Crippen LogP contribution is -2.25. The van der Waals surface area contributed by atoms with Crippen molar-refractivity contribution in [2.75, 3.05) is 11.4 Å². The second-order valence-corrected chi connectivity index (χ2v) is 5.06. The first-order chi connectivity index (χ1) is 9.15. The molecule has 0 aliphatic carbocycles. The summed E-state index contributed by atoms with van der Waals surface area (Å²) >= 11 is 5.93. The Kier molecular flexibility index (Phi) is 2.98. The van der Waals surface area contributed by atoms with Gasteiger partial charge < -0.3 is 9.42 Å². The van der Waals surface area contributed by atoms with E-state index < -0.39 is 0 Å². The minimum Gasteiger partial charge on any atom is -0.343 e. The van der Waals surface area contributed by atoms with Crippen molar-refractivity contribution in [1.82, 2.24) is 10.1 Å². The van der Waals surface area contributed by atoms with Gasteiger partial charge in [0.2, 0.25) is 12.3 Å². The third-order valence-electron chi connectivity index (χ3n) is 3.32. The maximum absolute atomic E-state index is 12.1. The van der Waals surface area contributed by atoms with E-state index in [0.29, 0.717) is 23.8 Å². The number of carbonyl (C=O) groups is 1. The minimum absolute atomic E-state index is 0.0127. The van der Waals surface area contributed by atoms with Gasteiger partial charge in [0, 0.05) is 29.6 Å². The first-order valence-electron chi connectivity index (χ1n) is 5.98. The Labute approximate surface area is 115 Å². The van der Waals surface area contributed by atoms with Gasteiger partial charge in [-0.3, -0.25) is 4.79 Å². The van der Waals surface area contributed by atoms with Crippen molar-refractivity contribution in [3.63, 3.8) is 0 Å². The van der Waals surface area contributed by atoms with Crippen LogP contribution in [0.2, 0.25) is 5.02 Å². The number of anilines is 1. The highest BCUT2D eigenvalue weighted by Crippen LogP contribution is 2.32. The Hall–Kier alpha value is -1.88. The van der Waals surface area contributed by atoms with Gasteiger partial charge in [0.25, 0.3) is 0 Å². The zero-order valence-corrected chi connectivity index (χ0v) is 11.1. The lowest BCUT2D eigenvalue weighted by molar-refractivity contribution is -0.117. The van der Waals surface area contributed by atoms with Gasteiger partial charge in [0.15, 0.2) is 5.82 Å². The van der Waals surface area contributed by atoms with Gasteiger partial charge in [-0.15, -0.1) is 0 Å². The summed E-state index contributed by atoms with van der Waals surface area (Å²) in [6.45, 7) is 2.51. The van der Waals surface area contributed by atoms with Gasteiger partial charge >= 0.3 is 0 Å². The van der Waals surface area contributed by atoms with Crippen molar-refractivity contribution in [3.05, 3.63) is 41.0 Å². The van der Waals surface area contributed by atoms with Gasteiger partial charge in [-0.2, -0.15) is 4.98 Å². The fraction of sp³-hybridized carbons (Fsp3) is 0.308. The summed E-state index contributed by atoms with van der Waals surface area (Å²) < 4.78 is 4.73. The molecule has 1 aromatic heterocycles. The molecule has 98 valence electrons. The Morgan fingerprint density at radius 3 is 3.00 bits per heavy atom. The zero-order chi connectivity index (χ0) is 13.4. The molecule has 1 atom stereocenters. The standard InChI is InChI=1S/C13H12ClN3O2/c1-8-4-10(14)2-3-11(8)17-6-9(5-12(17)18)13-15-7-19-16-13/h2-4,7,9H,5-6H2,1H3. The predicted octanol–water partition coefficient (Wildman–Crippen LogP) is 2.55. The van der Waals surface area contributed by atoms with E-state index in [-0.39, 0.29) is 11.8 Å². The number of halogens is 1. The molecule has 6 heteroatoms. The Bertz CT molecular complexity index is 612. The molecule has 1 aliphatic heterocycles. The van der Waals surface area contributed by atoms with Crippen molar-refractivity contribution in [2.45, 2.75) is 19.3 Å². The summed E-state index contributed by atoms with van der Waals surface area (Å²) in [6.07, 6.45) is 1.69. The first-order valence-corrected chi connectivity index (χ1v) is 6.35. The highest BCUT2D eigenvalue weighted by molar-refractivity contribution is 6.30. The molecule has 1 aliphatic rings. The van der Waals surface area contributed by atoms with Gasteiger partial charge in [-0.1, -0.05) is 16.8 Å². The zero-order valence-electron chi connectivity index (χ0n) is 10.3. The second-order valence-electron chi connectivity index (χ2n) is 4.63. The second kappa shape index (κ2) is 4.66. The number of carbonyl (C=O) groups excluding carboxylic acids is 1. The minimum atomic E-state index is -0.0127. The number of rotatable bonds is 2. The van der Waals surface area contributed by atoms with Crippen LogP contribution >= 0.6 is 11.6 Å². The Morgan fingerprint density at radius 2 is 2.32 bits per heavy atom. The summed E-state index contributed by atoms with van der Waals surface area (Å²) in [6, 6.07) is 5.51. The van der Waals surface area contributed by atoms with Crippen LogP contribution in [0.1, 0.15) is 23.7 Å². The molecule has 19 heavy (non-hydrogen) atoms. The predicted molar refractivity (Wildman–Crippen MR) is 70.2 cm³/mol. The fourth-order valence-corrected chi connectivity index (χ4v) is 2.62. The van der Waals surface area contributed by atoms with Gasteiger partial charge in [-0.05, 0) is 30.7 Å². The van der Waals surface area contributed by atoms with Crippen LogP contribution in [0, 0.1) is 6.92 Å². The smallest absolute Gasteiger partial charge is 0.227 e. The topological polar surface area (TPSA) is 59.2 Å². The molecule has 0 radical (unpaired) electrons. The summed E-state index contributed by atoms with van der Waals surface area (Å²) in [7, 11) is 0. The third kappa shape index (κ3) is 2.21. The van der Waals surface area contributed by atoms with Crippen molar-refractivity contribution < 1.29 is 9.32 Å². The monoisotopic (exact) mass is 277 g/mol. The molecule has 0 bridgehead atoms. The number of hydrogen-bond donors (Lipinski definition) is 0. The van der Waals surface area contributed by atoms with Crippen molar-refractivity contribution in [2.24, 2.45) is 0 Å². The van der Waals surface area contributed by atoms with Crippen LogP contribution in [0.5, 0.6) is 0 Å². The van der Waals surface area contributed by atoms with E-state index in [1.54, 1.807) is 11.0 Å². The van der Waals surface area contributed by atoms with E-state index in [0.717, 1.165) is 11.3 Å². The molecular weight excluding hydrogens is 266 g/mol. The van der Waals surface area contributed by atoms with Crippen LogP contribution in [0.4, 0.5) is 5.69 Å². The molecule has 0 spiro atoms. The van der Waals surface area contributed by atoms with Crippen LogP contribution in [0.25, 0.3) is 0 Å². The maximum Gasteiger partial charge on any atom is 0.227 e. The molecule has 3 rings (SSSR count). The molecule has 0 saturated carbocycles. The van der Waals surface area contributed by atoms with Crippen LogP contribution in [-0.4, -0.2) is 22.6 Å². The molecule has 1 unspecified atom stereocenters. The molecular formula is C13H12ClN3O2. The maximum atomic E-state index is 12.1.